The first kappa shape index (κ1) is 15.2. The van der Waals surface area contributed by atoms with Crippen LogP contribution in [0.5, 0.6) is 0 Å². The van der Waals surface area contributed by atoms with E-state index >= 15 is 0 Å². The van der Waals surface area contributed by atoms with Gasteiger partial charge in [0.15, 0.2) is 5.82 Å². The van der Waals surface area contributed by atoms with Gasteiger partial charge in [-0.2, -0.15) is 5.10 Å². The zero-order valence-corrected chi connectivity index (χ0v) is 13.7. The second-order valence-corrected chi connectivity index (χ2v) is 6.29. The van der Waals surface area contributed by atoms with Gasteiger partial charge in [-0.25, -0.2) is 4.98 Å². The third-order valence-electron chi connectivity index (χ3n) is 3.73. The Kier molecular flexibility index (Phi) is 4.84. The molecule has 22 heavy (non-hydrogen) atoms. The van der Waals surface area contributed by atoms with E-state index in [9.17, 15) is 4.79 Å². The van der Waals surface area contributed by atoms with Crippen LogP contribution in [0.3, 0.4) is 0 Å². The van der Waals surface area contributed by atoms with Crippen LogP contribution in [0.15, 0.2) is 28.7 Å². The molecule has 1 aromatic carbocycles. The average molecular weight is 364 g/mol. The number of H-pyrrole nitrogens is 1. The molecule has 3 rings (SSSR count). The molecule has 7 heteroatoms. The van der Waals surface area contributed by atoms with E-state index in [1.807, 2.05) is 24.3 Å². The van der Waals surface area contributed by atoms with E-state index in [1.54, 1.807) is 0 Å². The number of hydrogen-bond donors (Lipinski definition) is 3. The van der Waals surface area contributed by atoms with Crippen molar-refractivity contribution in [1.82, 2.24) is 25.8 Å². The Morgan fingerprint density at radius 1 is 1.36 bits per heavy atom. The van der Waals surface area contributed by atoms with Crippen molar-refractivity contribution in [1.29, 1.82) is 0 Å². The van der Waals surface area contributed by atoms with E-state index in [-0.39, 0.29) is 11.8 Å². The molecule has 116 valence electrons. The summed E-state index contributed by atoms with van der Waals surface area (Å²) in [6.45, 7) is 2.13. The number of benzene rings is 1. The number of carbonyl (C=O) groups is 1. The predicted octanol–water partition coefficient (Wildman–Crippen LogP) is 1.85. The maximum Gasteiger partial charge on any atom is 0.224 e. The minimum atomic E-state index is 0.0580. The van der Waals surface area contributed by atoms with E-state index in [4.69, 9.17) is 0 Å². The lowest BCUT2D eigenvalue weighted by molar-refractivity contribution is -0.125. The van der Waals surface area contributed by atoms with Crippen LogP contribution in [0, 0.1) is 5.92 Å². The number of halogens is 1. The molecule has 2 heterocycles. The van der Waals surface area contributed by atoms with E-state index in [1.165, 1.54) is 0 Å². The van der Waals surface area contributed by atoms with E-state index < -0.39 is 0 Å². The van der Waals surface area contributed by atoms with Crippen molar-refractivity contribution in [2.24, 2.45) is 5.92 Å². The zero-order valence-electron chi connectivity index (χ0n) is 12.1. The first-order chi connectivity index (χ1) is 10.7. The number of piperidine rings is 1. The maximum atomic E-state index is 12.1. The number of carbonyl (C=O) groups excluding carboxylic acids is 1. The molecule has 1 aromatic heterocycles. The van der Waals surface area contributed by atoms with Gasteiger partial charge in [-0.05, 0) is 31.5 Å². The predicted molar refractivity (Wildman–Crippen MR) is 87.0 cm³/mol. The second-order valence-electron chi connectivity index (χ2n) is 5.37. The van der Waals surface area contributed by atoms with Gasteiger partial charge >= 0.3 is 0 Å². The molecule has 1 atom stereocenters. The fourth-order valence-corrected chi connectivity index (χ4v) is 2.76. The smallest absolute Gasteiger partial charge is 0.224 e. The Hall–Kier alpha value is -1.73. The van der Waals surface area contributed by atoms with Crippen LogP contribution in [-0.2, 0) is 11.3 Å². The molecule has 0 bridgehead atoms. The molecule has 6 nitrogen and oxygen atoms in total. The van der Waals surface area contributed by atoms with Crippen molar-refractivity contribution in [3.8, 4) is 11.4 Å². The molecule has 0 spiro atoms. The van der Waals surface area contributed by atoms with Gasteiger partial charge in [-0.15, -0.1) is 0 Å². The maximum absolute atomic E-state index is 12.1. The molecular weight excluding hydrogens is 346 g/mol. The van der Waals surface area contributed by atoms with Gasteiger partial charge < -0.3 is 10.6 Å². The highest BCUT2D eigenvalue weighted by molar-refractivity contribution is 9.10. The average Bonchev–Trinajstić information content (AvgIpc) is 3.03. The van der Waals surface area contributed by atoms with Crippen molar-refractivity contribution in [3.05, 3.63) is 34.6 Å². The Balaban J connectivity index is 1.57. The summed E-state index contributed by atoms with van der Waals surface area (Å²) in [5.74, 6) is 1.43. The quantitative estimate of drug-likeness (QED) is 0.773. The van der Waals surface area contributed by atoms with Crippen molar-refractivity contribution in [3.63, 3.8) is 0 Å². The molecule has 2 aromatic rings. The van der Waals surface area contributed by atoms with Crippen molar-refractivity contribution in [2.45, 2.75) is 19.4 Å². The fraction of sp³-hybridized carbons (Fsp3) is 0.400. The lowest BCUT2D eigenvalue weighted by Gasteiger charge is -2.21. The van der Waals surface area contributed by atoms with Crippen LogP contribution < -0.4 is 10.6 Å². The summed E-state index contributed by atoms with van der Waals surface area (Å²) < 4.78 is 1.01. The van der Waals surface area contributed by atoms with Crippen LogP contribution >= 0.6 is 15.9 Å². The van der Waals surface area contributed by atoms with Crippen LogP contribution in [0.1, 0.15) is 18.7 Å². The normalized spacial score (nSPS) is 18.1. The number of amides is 1. The number of rotatable bonds is 4. The van der Waals surface area contributed by atoms with Crippen LogP contribution in [0.25, 0.3) is 11.4 Å². The minimum Gasteiger partial charge on any atom is -0.349 e. The second kappa shape index (κ2) is 7.02. The summed E-state index contributed by atoms with van der Waals surface area (Å²) in [4.78, 5) is 16.5. The number of aromatic amines is 1. The highest BCUT2D eigenvalue weighted by Gasteiger charge is 2.20. The molecule has 1 unspecified atom stereocenters. The van der Waals surface area contributed by atoms with Gasteiger partial charge in [0.25, 0.3) is 0 Å². The summed E-state index contributed by atoms with van der Waals surface area (Å²) in [5.41, 5.74) is 0.938. The first-order valence-corrected chi connectivity index (χ1v) is 8.17. The highest BCUT2D eigenvalue weighted by Crippen LogP contribution is 2.18. The Morgan fingerprint density at radius 2 is 2.18 bits per heavy atom. The number of hydrogen-bond acceptors (Lipinski definition) is 4. The Morgan fingerprint density at radius 3 is 2.91 bits per heavy atom. The van der Waals surface area contributed by atoms with Crippen LogP contribution in [0.2, 0.25) is 0 Å². The lowest BCUT2D eigenvalue weighted by atomic mass is 9.99. The highest BCUT2D eigenvalue weighted by atomic mass is 79.9. The third kappa shape index (κ3) is 3.72. The zero-order chi connectivity index (χ0) is 15.4. The SMILES string of the molecule is O=C(NCc1nc(-c2ccc(Br)cc2)n[nH]1)C1CCCNC1. The molecule has 1 aliphatic heterocycles. The summed E-state index contributed by atoms with van der Waals surface area (Å²) in [7, 11) is 0. The van der Waals surface area contributed by atoms with Crippen molar-refractivity contribution >= 4 is 21.8 Å². The molecule has 0 aliphatic carbocycles. The fourth-order valence-electron chi connectivity index (χ4n) is 2.49. The van der Waals surface area contributed by atoms with Gasteiger partial charge in [0.2, 0.25) is 5.91 Å². The van der Waals surface area contributed by atoms with Gasteiger partial charge in [0, 0.05) is 16.6 Å². The Bertz CT molecular complexity index is 634. The van der Waals surface area contributed by atoms with Gasteiger partial charge in [0.1, 0.15) is 5.82 Å². The Labute approximate surface area is 137 Å². The number of nitrogens with one attached hydrogen (secondary N) is 3. The summed E-state index contributed by atoms with van der Waals surface area (Å²) in [6, 6.07) is 7.79. The molecule has 0 saturated carbocycles. The van der Waals surface area contributed by atoms with Crippen LogP contribution in [0.4, 0.5) is 0 Å². The molecule has 1 saturated heterocycles. The van der Waals surface area contributed by atoms with Gasteiger partial charge in [0.05, 0.1) is 12.5 Å². The third-order valence-corrected chi connectivity index (χ3v) is 4.26. The summed E-state index contributed by atoms with van der Waals surface area (Å²) in [5, 5.41) is 13.2. The van der Waals surface area contributed by atoms with Crippen LogP contribution in [-0.4, -0.2) is 34.2 Å². The number of nitrogens with zero attached hydrogens (tertiary/aromatic N) is 2. The van der Waals surface area contributed by atoms with E-state index in [0.717, 1.165) is 36.0 Å². The van der Waals surface area contributed by atoms with Crippen molar-refractivity contribution in [2.75, 3.05) is 13.1 Å². The van der Waals surface area contributed by atoms with Gasteiger partial charge in [-0.3, -0.25) is 9.89 Å². The molecule has 0 radical (unpaired) electrons. The molecule has 3 N–H and O–H groups in total. The molecule has 1 amide bonds. The molecular formula is C15H18BrN5O. The molecule has 1 fully saturated rings. The van der Waals surface area contributed by atoms with E-state index in [2.05, 4.69) is 41.7 Å². The summed E-state index contributed by atoms with van der Waals surface area (Å²) in [6.07, 6.45) is 1.99. The summed E-state index contributed by atoms with van der Waals surface area (Å²) >= 11 is 3.40. The minimum absolute atomic E-state index is 0.0580. The van der Waals surface area contributed by atoms with Crippen molar-refractivity contribution < 1.29 is 4.79 Å². The largest absolute Gasteiger partial charge is 0.349 e. The standard InChI is InChI=1S/C15H18BrN5O/c16-12-5-3-10(4-6-12)14-19-13(20-21-14)9-18-15(22)11-2-1-7-17-8-11/h3-6,11,17H,1-2,7-9H2,(H,18,22)(H,19,20,21). The topological polar surface area (TPSA) is 82.7 Å². The monoisotopic (exact) mass is 363 g/mol. The lowest BCUT2D eigenvalue weighted by Crippen LogP contribution is -2.40. The number of aromatic nitrogens is 3. The molecule has 1 aliphatic rings. The van der Waals surface area contributed by atoms with E-state index in [0.29, 0.717) is 18.2 Å². The first-order valence-electron chi connectivity index (χ1n) is 7.38. The van der Waals surface area contributed by atoms with Gasteiger partial charge in [-0.1, -0.05) is 28.1 Å².